The third-order valence-electron chi connectivity index (χ3n) is 2.35. The van der Waals surface area contributed by atoms with E-state index in [0.717, 1.165) is 24.3 Å². The van der Waals surface area contributed by atoms with Crippen LogP contribution in [-0.2, 0) is 6.42 Å². The lowest BCUT2D eigenvalue weighted by molar-refractivity contribution is 0.414. The van der Waals surface area contributed by atoms with E-state index in [1.165, 1.54) is 5.56 Å². The maximum Gasteiger partial charge on any atom is 0.118 e. The number of nitrogens with two attached hydrogens (primary N) is 1. The fourth-order valence-corrected chi connectivity index (χ4v) is 1.97. The predicted octanol–water partition coefficient (Wildman–Crippen LogP) is 2.32. The summed E-state index contributed by atoms with van der Waals surface area (Å²) in [7, 11) is 1.68. The minimum atomic E-state index is 0.269. The Labute approximate surface area is 96.2 Å². The van der Waals surface area contributed by atoms with Crippen molar-refractivity contribution in [1.29, 1.82) is 0 Å². The number of hydrogen-bond acceptors (Lipinski definition) is 3. The first-order valence-electron chi connectivity index (χ1n) is 5.13. The molecule has 3 heteroatoms. The molecular weight excluding hydrogens is 206 g/mol. The zero-order valence-electron chi connectivity index (χ0n) is 9.40. The summed E-state index contributed by atoms with van der Waals surface area (Å²) in [4.78, 5) is 0. The molecule has 1 aromatic rings. The van der Waals surface area contributed by atoms with Gasteiger partial charge in [0.05, 0.1) is 7.11 Å². The molecule has 2 N–H and O–H groups in total. The molecule has 0 radical (unpaired) electrons. The van der Waals surface area contributed by atoms with E-state index in [-0.39, 0.29) is 6.04 Å². The molecule has 0 aliphatic heterocycles. The Morgan fingerprint density at radius 3 is 2.53 bits per heavy atom. The fraction of sp³-hybridized carbons (Fsp3) is 0.500. The van der Waals surface area contributed by atoms with Crippen LogP contribution in [0.2, 0.25) is 0 Å². The Morgan fingerprint density at radius 1 is 1.33 bits per heavy atom. The van der Waals surface area contributed by atoms with Crippen molar-refractivity contribution in [3.8, 4) is 5.75 Å². The number of rotatable bonds is 6. The van der Waals surface area contributed by atoms with E-state index in [4.69, 9.17) is 10.5 Å². The Balaban J connectivity index is 2.42. The van der Waals surface area contributed by atoms with Crippen molar-refractivity contribution in [2.45, 2.75) is 18.9 Å². The van der Waals surface area contributed by atoms with Crippen LogP contribution >= 0.6 is 11.8 Å². The highest BCUT2D eigenvalue weighted by Gasteiger charge is 2.03. The first kappa shape index (κ1) is 12.4. The van der Waals surface area contributed by atoms with E-state index in [2.05, 4.69) is 18.4 Å². The summed E-state index contributed by atoms with van der Waals surface area (Å²) in [5.41, 5.74) is 7.30. The third kappa shape index (κ3) is 4.58. The van der Waals surface area contributed by atoms with Crippen molar-refractivity contribution in [3.63, 3.8) is 0 Å². The average molecular weight is 225 g/mol. The summed E-state index contributed by atoms with van der Waals surface area (Å²) in [6.45, 7) is 0. The first-order chi connectivity index (χ1) is 7.26. The first-order valence-corrected chi connectivity index (χ1v) is 6.53. The van der Waals surface area contributed by atoms with Crippen molar-refractivity contribution in [2.24, 2.45) is 5.73 Å². The Morgan fingerprint density at radius 2 is 2.00 bits per heavy atom. The number of thioether (sulfide) groups is 1. The lowest BCUT2D eigenvalue weighted by Crippen LogP contribution is -2.23. The molecule has 0 spiro atoms. The van der Waals surface area contributed by atoms with Crippen molar-refractivity contribution in [1.82, 2.24) is 0 Å². The maximum absolute atomic E-state index is 6.02. The summed E-state index contributed by atoms with van der Waals surface area (Å²) in [6, 6.07) is 8.40. The van der Waals surface area contributed by atoms with Gasteiger partial charge in [0, 0.05) is 6.04 Å². The molecule has 0 aliphatic carbocycles. The molecule has 0 amide bonds. The van der Waals surface area contributed by atoms with Crippen LogP contribution in [0.15, 0.2) is 24.3 Å². The van der Waals surface area contributed by atoms with Crippen LogP contribution in [0.4, 0.5) is 0 Å². The molecule has 1 atom stereocenters. The van der Waals surface area contributed by atoms with Crippen LogP contribution < -0.4 is 10.5 Å². The van der Waals surface area contributed by atoms with Crippen molar-refractivity contribution >= 4 is 11.8 Å². The normalized spacial score (nSPS) is 12.5. The van der Waals surface area contributed by atoms with Crippen molar-refractivity contribution in [3.05, 3.63) is 29.8 Å². The Hall–Kier alpha value is -0.670. The van der Waals surface area contributed by atoms with Gasteiger partial charge in [0.25, 0.3) is 0 Å². The smallest absolute Gasteiger partial charge is 0.118 e. The molecular formula is C12H19NOS. The Bertz CT molecular complexity index is 273. The summed E-state index contributed by atoms with van der Waals surface area (Å²) in [5, 5.41) is 0. The predicted molar refractivity (Wildman–Crippen MR) is 67.7 cm³/mol. The number of methoxy groups -OCH3 is 1. The summed E-state index contributed by atoms with van der Waals surface area (Å²) < 4.78 is 5.10. The fourth-order valence-electron chi connectivity index (χ4n) is 1.44. The number of benzene rings is 1. The van der Waals surface area contributed by atoms with Crippen LogP contribution in [0.3, 0.4) is 0 Å². The maximum atomic E-state index is 6.02. The highest BCUT2D eigenvalue weighted by atomic mass is 32.2. The second-order valence-corrected chi connectivity index (χ2v) is 4.58. The van der Waals surface area contributed by atoms with E-state index < -0.39 is 0 Å². The highest BCUT2D eigenvalue weighted by molar-refractivity contribution is 7.98. The van der Waals surface area contributed by atoms with Gasteiger partial charge in [0.15, 0.2) is 0 Å². The third-order valence-corrected chi connectivity index (χ3v) is 2.99. The summed E-state index contributed by atoms with van der Waals surface area (Å²) >= 11 is 1.85. The topological polar surface area (TPSA) is 35.2 Å². The van der Waals surface area contributed by atoms with Gasteiger partial charge in [-0.3, -0.25) is 0 Å². The molecule has 0 aliphatic rings. The molecule has 0 aromatic heterocycles. The molecule has 0 fully saturated rings. The molecule has 0 saturated heterocycles. The van der Waals surface area contributed by atoms with Gasteiger partial charge in [-0.05, 0) is 42.5 Å². The highest BCUT2D eigenvalue weighted by Crippen LogP contribution is 2.13. The zero-order chi connectivity index (χ0) is 11.1. The van der Waals surface area contributed by atoms with Gasteiger partial charge in [0.1, 0.15) is 5.75 Å². The van der Waals surface area contributed by atoms with Gasteiger partial charge in [-0.15, -0.1) is 0 Å². The molecule has 1 unspecified atom stereocenters. The molecule has 0 bridgehead atoms. The monoisotopic (exact) mass is 225 g/mol. The number of hydrogen-bond donors (Lipinski definition) is 1. The minimum Gasteiger partial charge on any atom is -0.497 e. The zero-order valence-corrected chi connectivity index (χ0v) is 10.2. The molecule has 1 aromatic carbocycles. The van der Waals surface area contributed by atoms with Gasteiger partial charge in [-0.25, -0.2) is 0 Å². The van der Waals surface area contributed by atoms with E-state index >= 15 is 0 Å². The van der Waals surface area contributed by atoms with E-state index in [1.807, 2.05) is 23.9 Å². The van der Waals surface area contributed by atoms with Gasteiger partial charge in [-0.1, -0.05) is 12.1 Å². The summed E-state index contributed by atoms with van der Waals surface area (Å²) in [5.74, 6) is 2.04. The molecule has 2 nitrogen and oxygen atoms in total. The second-order valence-electron chi connectivity index (χ2n) is 3.59. The van der Waals surface area contributed by atoms with Crippen LogP contribution in [0, 0.1) is 0 Å². The SMILES string of the molecule is COc1ccc(CC(N)CCSC)cc1. The Kier molecular flexibility index (Phi) is 5.58. The van der Waals surface area contributed by atoms with Crippen molar-refractivity contribution in [2.75, 3.05) is 19.1 Å². The minimum absolute atomic E-state index is 0.269. The lowest BCUT2D eigenvalue weighted by Gasteiger charge is -2.10. The van der Waals surface area contributed by atoms with E-state index in [0.29, 0.717) is 0 Å². The van der Waals surface area contributed by atoms with Gasteiger partial charge in [-0.2, -0.15) is 11.8 Å². The molecule has 0 saturated carbocycles. The number of ether oxygens (including phenoxy) is 1. The molecule has 1 rings (SSSR count). The van der Waals surface area contributed by atoms with E-state index in [9.17, 15) is 0 Å². The van der Waals surface area contributed by atoms with Crippen LogP contribution in [-0.4, -0.2) is 25.2 Å². The van der Waals surface area contributed by atoms with Crippen LogP contribution in [0.1, 0.15) is 12.0 Å². The van der Waals surface area contributed by atoms with Gasteiger partial charge < -0.3 is 10.5 Å². The lowest BCUT2D eigenvalue weighted by atomic mass is 10.0. The van der Waals surface area contributed by atoms with Crippen LogP contribution in [0.25, 0.3) is 0 Å². The average Bonchev–Trinajstić information content (AvgIpc) is 2.27. The molecule has 0 heterocycles. The molecule has 15 heavy (non-hydrogen) atoms. The largest absolute Gasteiger partial charge is 0.497 e. The standard InChI is InChI=1S/C12H19NOS/c1-14-12-5-3-10(4-6-12)9-11(13)7-8-15-2/h3-6,11H,7-9,13H2,1-2H3. The second kappa shape index (κ2) is 6.75. The van der Waals surface area contributed by atoms with Gasteiger partial charge >= 0.3 is 0 Å². The van der Waals surface area contributed by atoms with E-state index in [1.54, 1.807) is 7.11 Å². The van der Waals surface area contributed by atoms with Crippen LogP contribution in [0.5, 0.6) is 5.75 Å². The quantitative estimate of drug-likeness (QED) is 0.807. The molecule has 84 valence electrons. The van der Waals surface area contributed by atoms with Gasteiger partial charge in [0.2, 0.25) is 0 Å². The van der Waals surface area contributed by atoms with Crippen molar-refractivity contribution < 1.29 is 4.74 Å². The summed E-state index contributed by atoms with van der Waals surface area (Å²) in [6.07, 6.45) is 4.14.